The Hall–Kier alpha value is -2.69. The van der Waals surface area contributed by atoms with Gasteiger partial charge in [0, 0.05) is 32.2 Å². The summed E-state index contributed by atoms with van der Waals surface area (Å²) in [6.07, 6.45) is 1.68. The first kappa shape index (κ1) is 25.9. The molecular weight excluding hydrogens is 472 g/mol. The number of hydrogen-bond donors (Lipinski definition) is 1. The predicted molar refractivity (Wildman–Crippen MR) is 137 cm³/mol. The van der Waals surface area contributed by atoms with Gasteiger partial charge in [-0.25, -0.2) is 17.7 Å². The summed E-state index contributed by atoms with van der Waals surface area (Å²) < 4.78 is 26.2. The van der Waals surface area contributed by atoms with E-state index in [-0.39, 0.29) is 29.2 Å². The van der Waals surface area contributed by atoms with Crippen LogP contribution in [0.1, 0.15) is 33.1 Å². The van der Waals surface area contributed by atoms with Gasteiger partial charge in [-0.15, -0.1) is 0 Å². The number of hydrogen-bond acceptors (Lipinski definition) is 6. The molecule has 1 N–H and O–H groups in total. The highest BCUT2D eigenvalue weighted by Crippen LogP contribution is 2.34. The zero-order valence-corrected chi connectivity index (χ0v) is 21.4. The number of rotatable bonds is 9. The van der Waals surface area contributed by atoms with Crippen LogP contribution >= 0.6 is 11.8 Å². The Balaban J connectivity index is 1.87. The number of carbonyl (C=O) groups is 2. The van der Waals surface area contributed by atoms with Gasteiger partial charge in [-0.3, -0.25) is 14.5 Å². The number of carbonyl (C=O) groups excluding carboxylic acids is 2. The molecule has 182 valence electrons. The van der Waals surface area contributed by atoms with Crippen molar-refractivity contribution in [3.63, 3.8) is 0 Å². The lowest BCUT2D eigenvalue weighted by molar-refractivity contribution is -0.129. The monoisotopic (exact) mass is 502 g/mol. The largest absolute Gasteiger partial charge is 0.326 e. The number of benzene rings is 2. The van der Waals surface area contributed by atoms with Gasteiger partial charge in [0.2, 0.25) is 21.8 Å². The molecule has 0 unspecified atom stereocenters. The average molecular weight is 503 g/mol. The normalized spacial score (nSPS) is 18.5. The van der Waals surface area contributed by atoms with E-state index < -0.39 is 15.3 Å². The van der Waals surface area contributed by atoms with Crippen molar-refractivity contribution in [3.8, 4) is 0 Å². The summed E-state index contributed by atoms with van der Waals surface area (Å²) >= 11 is 1.24. The highest BCUT2D eigenvalue weighted by Gasteiger charge is 2.41. The molecule has 2 amide bonds. The molecule has 1 aliphatic rings. The van der Waals surface area contributed by atoms with Crippen molar-refractivity contribution < 1.29 is 18.0 Å². The van der Waals surface area contributed by atoms with Crippen LogP contribution in [0.3, 0.4) is 0 Å². The molecule has 10 heteroatoms. The van der Waals surface area contributed by atoms with Gasteiger partial charge in [0.25, 0.3) is 0 Å². The van der Waals surface area contributed by atoms with E-state index in [1.54, 1.807) is 29.2 Å². The van der Waals surface area contributed by atoms with E-state index in [1.165, 1.54) is 38.0 Å². The van der Waals surface area contributed by atoms with Crippen LogP contribution in [-0.2, 0) is 19.6 Å². The molecule has 0 radical (unpaired) electrons. The van der Waals surface area contributed by atoms with Crippen LogP contribution < -0.4 is 5.32 Å². The number of thioether (sulfide) groups is 1. The van der Waals surface area contributed by atoms with Gasteiger partial charge < -0.3 is 5.32 Å². The fourth-order valence-corrected chi connectivity index (χ4v) is 5.77. The van der Waals surface area contributed by atoms with E-state index in [0.29, 0.717) is 16.5 Å². The average Bonchev–Trinajstić information content (AvgIpc) is 3.09. The summed E-state index contributed by atoms with van der Waals surface area (Å²) in [5.41, 5.74) is 1.10. The first-order chi connectivity index (χ1) is 16.1. The molecule has 2 atom stereocenters. The Morgan fingerprint density at radius 3 is 2.53 bits per heavy atom. The third-order valence-electron chi connectivity index (χ3n) is 5.36. The molecule has 1 saturated heterocycles. The molecule has 1 aliphatic heterocycles. The van der Waals surface area contributed by atoms with Crippen LogP contribution in [0, 0.1) is 0 Å². The minimum atomic E-state index is -3.61. The summed E-state index contributed by atoms with van der Waals surface area (Å²) in [4.78, 5) is 32.3. The van der Waals surface area contributed by atoms with Crippen LogP contribution in [0.2, 0.25) is 0 Å². The second-order valence-corrected chi connectivity index (χ2v) is 11.6. The van der Waals surface area contributed by atoms with Crippen LogP contribution in [0.25, 0.3) is 0 Å². The highest BCUT2D eigenvalue weighted by atomic mass is 32.2. The summed E-state index contributed by atoms with van der Waals surface area (Å²) in [6, 6.07) is 15.3. The Bertz CT molecular complexity index is 1170. The van der Waals surface area contributed by atoms with E-state index in [1.807, 2.05) is 32.0 Å². The second-order valence-electron chi connectivity index (χ2n) is 8.25. The van der Waals surface area contributed by atoms with Gasteiger partial charge in [0.1, 0.15) is 5.25 Å². The van der Waals surface area contributed by atoms with Gasteiger partial charge in [-0.1, -0.05) is 49.4 Å². The minimum Gasteiger partial charge on any atom is -0.326 e. The maximum atomic E-state index is 13.3. The van der Waals surface area contributed by atoms with Crippen LogP contribution in [0.5, 0.6) is 0 Å². The third-order valence-corrected chi connectivity index (χ3v) is 8.33. The van der Waals surface area contributed by atoms with Gasteiger partial charge in [-0.05, 0) is 43.7 Å². The van der Waals surface area contributed by atoms with Crippen molar-refractivity contribution in [1.82, 2.24) is 9.21 Å². The van der Waals surface area contributed by atoms with Crippen molar-refractivity contribution in [2.45, 2.75) is 49.3 Å². The second kappa shape index (κ2) is 11.2. The maximum Gasteiger partial charge on any atom is 0.242 e. The van der Waals surface area contributed by atoms with Gasteiger partial charge in [0.15, 0.2) is 5.17 Å². The molecule has 0 bridgehead atoms. The molecule has 0 aliphatic carbocycles. The number of anilines is 1. The van der Waals surface area contributed by atoms with Crippen LogP contribution in [0.15, 0.2) is 64.5 Å². The molecule has 2 aromatic carbocycles. The van der Waals surface area contributed by atoms with Crippen molar-refractivity contribution in [3.05, 3.63) is 54.6 Å². The predicted octanol–water partition coefficient (Wildman–Crippen LogP) is 4.09. The van der Waals surface area contributed by atoms with Crippen molar-refractivity contribution >= 4 is 50.1 Å². The third kappa shape index (κ3) is 6.05. The molecule has 2 aromatic rings. The molecular formula is C24H30N4O4S2. The van der Waals surface area contributed by atoms with E-state index >= 15 is 0 Å². The Kier molecular flexibility index (Phi) is 8.51. The number of nitrogens with one attached hydrogen (secondary N) is 1. The molecule has 34 heavy (non-hydrogen) atoms. The zero-order valence-electron chi connectivity index (χ0n) is 19.8. The number of sulfonamides is 1. The first-order valence-electron chi connectivity index (χ1n) is 11.1. The smallest absolute Gasteiger partial charge is 0.242 e. The van der Waals surface area contributed by atoms with E-state index in [4.69, 9.17) is 0 Å². The Morgan fingerprint density at radius 2 is 1.88 bits per heavy atom. The quantitative estimate of drug-likeness (QED) is 0.557. The fraction of sp³-hybridized carbons (Fsp3) is 0.375. The molecule has 1 fully saturated rings. The van der Waals surface area contributed by atoms with Gasteiger partial charge >= 0.3 is 0 Å². The summed E-state index contributed by atoms with van der Waals surface area (Å²) in [5.74, 6) is -0.412. The summed E-state index contributed by atoms with van der Waals surface area (Å²) in [6.45, 7) is 4.00. The van der Waals surface area contributed by atoms with Crippen molar-refractivity contribution in [2.75, 3.05) is 19.4 Å². The fourth-order valence-electron chi connectivity index (χ4n) is 3.58. The summed E-state index contributed by atoms with van der Waals surface area (Å²) in [5, 5.41) is 2.70. The molecule has 0 saturated carbocycles. The molecule has 3 rings (SSSR count). The van der Waals surface area contributed by atoms with E-state index in [0.717, 1.165) is 17.1 Å². The Labute approximate surface area is 205 Å². The molecule has 0 aromatic heterocycles. The SMILES string of the molecule is CCC[C@H](C)N1C(=O)[C@@H](CC(=O)Nc2ccccc2)SC1=Nc1cccc(S(=O)(=O)N(C)C)c1. The maximum absolute atomic E-state index is 13.3. The number of para-hydroxylation sites is 1. The highest BCUT2D eigenvalue weighted by molar-refractivity contribution is 8.15. The van der Waals surface area contributed by atoms with E-state index in [9.17, 15) is 18.0 Å². The topological polar surface area (TPSA) is 99.1 Å². The van der Waals surface area contributed by atoms with Crippen LogP contribution in [-0.4, -0.2) is 60.0 Å². The standard InChI is InChI=1S/C24H30N4O4S2/c1-5-10-17(2)28-23(30)21(16-22(29)25-18-11-7-6-8-12-18)33-24(28)26-19-13-9-14-20(15-19)34(31,32)27(3)4/h6-9,11-15,17,21H,5,10,16H2,1-4H3,(H,25,29)/t17-,21+/m0/s1. The first-order valence-corrected chi connectivity index (χ1v) is 13.4. The number of amides is 2. The minimum absolute atomic E-state index is 0.0157. The zero-order chi connectivity index (χ0) is 24.9. The molecule has 1 heterocycles. The number of aliphatic imine (C=N–C) groups is 1. The lowest BCUT2D eigenvalue weighted by Gasteiger charge is -2.24. The lowest BCUT2D eigenvalue weighted by atomic mass is 10.1. The van der Waals surface area contributed by atoms with Crippen LogP contribution in [0.4, 0.5) is 11.4 Å². The molecule has 8 nitrogen and oxygen atoms in total. The van der Waals surface area contributed by atoms with E-state index in [2.05, 4.69) is 10.3 Å². The molecule has 0 spiro atoms. The van der Waals surface area contributed by atoms with Gasteiger partial charge in [-0.2, -0.15) is 0 Å². The lowest BCUT2D eigenvalue weighted by Crippen LogP contribution is -2.40. The number of amidine groups is 1. The van der Waals surface area contributed by atoms with Gasteiger partial charge in [0.05, 0.1) is 10.6 Å². The summed E-state index contributed by atoms with van der Waals surface area (Å²) in [7, 11) is -0.673. The Morgan fingerprint density at radius 1 is 1.18 bits per heavy atom. The van der Waals surface area contributed by atoms with Crippen molar-refractivity contribution in [2.24, 2.45) is 4.99 Å². The van der Waals surface area contributed by atoms with Crippen molar-refractivity contribution in [1.29, 1.82) is 0 Å². The number of nitrogens with zero attached hydrogens (tertiary/aromatic N) is 3.